The minimum atomic E-state index is -0.101. The molecule has 1 aromatic carbocycles. The van der Waals surface area contributed by atoms with Gasteiger partial charge in [0.2, 0.25) is 17.7 Å². The fourth-order valence-electron chi connectivity index (χ4n) is 2.56. The van der Waals surface area contributed by atoms with Crippen LogP contribution in [0.5, 0.6) is 11.8 Å². The van der Waals surface area contributed by atoms with E-state index in [0.717, 1.165) is 11.3 Å². The summed E-state index contributed by atoms with van der Waals surface area (Å²) in [5.41, 5.74) is 1.54. The van der Waals surface area contributed by atoms with Gasteiger partial charge in [-0.15, -0.1) is 10.2 Å². The van der Waals surface area contributed by atoms with Crippen LogP contribution >= 0.6 is 11.8 Å². The Labute approximate surface area is 167 Å². The van der Waals surface area contributed by atoms with Gasteiger partial charge < -0.3 is 19.4 Å². The van der Waals surface area contributed by atoms with Crippen molar-refractivity contribution in [2.24, 2.45) is 0 Å². The molecule has 0 aliphatic carbocycles. The zero-order valence-corrected chi connectivity index (χ0v) is 16.7. The van der Waals surface area contributed by atoms with Crippen molar-refractivity contribution in [1.29, 1.82) is 0 Å². The first kappa shape index (κ1) is 19.7. The monoisotopic (exact) mass is 399 g/mol. The van der Waals surface area contributed by atoms with Gasteiger partial charge in [0.15, 0.2) is 11.0 Å². The molecule has 3 rings (SSSR count). The molecule has 0 unspecified atom stereocenters. The van der Waals surface area contributed by atoms with Crippen LogP contribution in [0.15, 0.2) is 47.6 Å². The van der Waals surface area contributed by atoms with Gasteiger partial charge in [-0.2, -0.15) is 4.98 Å². The van der Waals surface area contributed by atoms with E-state index in [1.807, 2.05) is 41.8 Å². The number of aromatic nitrogens is 4. The average molecular weight is 399 g/mol. The minimum Gasteiger partial charge on any atom is -0.481 e. The predicted molar refractivity (Wildman–Crippen MR) is 108 cm³/mol. The molecular formula is C19H21N5O3S. The van der Waals surface area contributed by atoms with Crippen LogP contribution in [0, 0.1) is 0 Å². The Hall–Kier alpha value is -3.07. The van der Waals surface area contributed by atoms with Gasteiger partial charge in [-0.3, -0.25) is 4.79 Å². The van der Waals surface area contributed by atoms with Crippen molar-refractivity contribution >= 4 is 23.4 Å². The number of anilines is 1. The third-order valence-corrected chi connectivity index (χ3v) is 4.84. The fourth-order valence-corrected chi connectivity index (χ4v) is 3.36. The number of ether oxygens (including phenoxy) is 2. The number of pyridine rings is 1. The van der Waals surface area contributed by atoms with Crippen molar-refractivity contribution in [2.45, 2.75) is 18.6 Å². The summed E-state index contributed by atoms with van der Waals surface area (Å²) < 4.78 is 12.4. The first-order chi connectivity index (χ1) is 13.6. The van der Waals surface area contributed by atoms with Crippen molar-refractivity contribution in [3.63, 3.8) is 0 Å². The van der Waals surface area contributed by atoms with Crippen LogP contribution in [0.25, 0.3) is 11.4 Å². The number of amides is 1. The van der Waals surface area contributed by atoms with Crippen LogP contribution in [-0.4, -0.2) is 45.6 Å². The number of hydrogen-bond acceptors (Lipinski definition) is 7. The molecule has 28 heavy (non-hydrogen) atoms. The molecule has 1 N–H and O–H groups in total. The van der Waals surface area contributed by atoms with E-state index in [1.165, 1.54) is 11.8 Å². The normalized spacial score (nSPS) is 10.5. The number of carbonyl (C=O) groups excluding carboxylic acids is 1. The highest BCUT2D eigenvalue weighted by Gasteiger charge is 2.17. The molecule has 1 amide bonds. The Morgan fingerprint density at radius 2 is 1.79 bits per heavy atom. The lowest BCUT2D eigenvalue weighted by atomic mass is 10.2. The summed E-state index contributed by atoms with van der Waals surface area (Å²) in [6.07, 6.45) is 0. The molecule has 0 saturated heterocycles. The highest BCUT2D eigenvalue weighted by molar-refractivity contribution is 7.99. The minimum absolute atomic E-state index is 0.101. The van der Waals surface area contributed by atoms with Crippen molar-refractivity contribution in [1.82, 2.24) is 19.7 Å². The predicted octanol–water partition coefficient (Wildman–Crippen LogP) is 3.11. The number of carbonyl (C=O) groups is 1. The summed E-state index contributed by atoms with van der Waals surface area (Å²) in [6, 6.07) is 12.9. The molecule has 9 heteroatoms. The van der Waals surface area contributed by atoms with E-state index in [1.54, 1.807) is 26.4 Å². The molecule has 0 aliphatic rings. The van der Waals surface area contributed by atoms with Crippen LogP contribution in [0.3, 0.4) is 0 Å². The molecule has 0 aliphatic heterocycles. The molecule has 0 spiro atoms. The van der Waals surface area contributed by atoms with Gasteiger partial charge in [0.05, 0.1) is 20.0 Å². The second kappa shape index (κ2) is 9.23. The van der Waals surface area contributed by atoms with E-state index in [-0.39, 0.29) is 11.7 Å². The molecule has 2 heterocycles. The molecule has 0 atom stereocenters. The number of benzene rings is 1. The van der Waals surface area contributed by atoms with E-state index in [9.17, 15) is 4.79 Å². The van der Waals surface area contributed by atoms with Crippen molar-refractivity contribution in [3.05, 3.63) is 42.5 Å². The van der Waals surface area contributed by atoms with Gasteiger partial charge >= 0.3 is 0 Å². The third-order valence-electron chi connectivity index (χ3n) is 3.88. The Morgan fingerprint density at radius 1 is 1.11 bits per heavy atom. The SMILES string of the molecule is CCn1c(SCC(=O)Nc2ccccc2)nnc1-c1cc(OC)nc(OC)c1. The molecule has 2 aromatic heterocycles. The molecule has 0 radical (unpaired) electrons. The molecule has 0 bridgehead atoms. The molecule has 0 fully saturated rings. The van der Waals surface area contributed by atoms with E-state index >= 15 is 0 Å². The van der Waals surface area contributed by atoms with E-state index in [0.29, 0.717) is 29.3 Å². The molecular weight excluding hydrogens is 378 g/mol. The molecule has 0 saturated carbocycles. The van der Waals surface area contributed by atoms with Gasteiger partial charge in [-0.1, -0.05) is 30.0 Å². The van der Waals surface area contributed by atoms with Gasteiger partial charge in [-0.05, 0) is 19.1 Å². The van der Waals surface area contributed by atoms with Gasteiger partial charge in [0, 0.05) is 29.9 Å². The molecule has 8 nitrogen and oxygen atoms in total. The Balaban J connectivity index is 1.76. The topological polar surface area (TPSA) is 91.2 Å². The van der Waals surface area contributed by atoms with Crippen LogP contribution in [0.1, 0.15) is 6.92 Å². The Kier molecular flexibility index (Phi) is 6.49. The smallest absolute Gasteiger partial charge is 0.234 e. The fraction of sp³-hybridized carbons (Fsp3) is 0.263. The number of thioether (sulfide) groups is 1. The van der Waals surface area contributed by atoms with E-state index in [4.69, 9.17) is 9.47 Å². The number of methoxy groups -OCH3 is 2. The van der Waals surface area contributed by atoms with Crippen molar-refractivity contribution < 1.29 is 14.3 Å². The molecule has 146 valence electrons. The van der Waals surface area contributed by atoms with Crippen LogP contribution in [-0.2, 0) is 11.3 Å². The summed E-state index contributed by atoms with van der Waals surface area (Å²) in [4.78, 5) is 16.4. The lowest BCUT2D eigenvalue weighted by Crippen LogP contribution is -2.14. The van der Waals surface area contributed by atoms with Gasteiger partial charge in [-0.25, -0.2) is 0 Å². The van der Waals surface area contributed by atoms with Crippen LogP contribution < -0.4 is 14.8 Å². The number of para-hydroxylation sites is 1. The zero-order valence-electron chi connectivity index (χ0n) is 15.9. The first-order valence-corrected chi connectivity index (χ1v) is 9.64. The highest BCUT2D eigenvalue weighted by Crippen LogP contribution is 2.28. The van der Waals surface area contributed by atoms with Crippen LogP contribution in [0.2, 0.25) is 0 Å². The van der Waals surface area contributed by atoms with Gasteiger partial charge in [0.1, 0.15) is 0 Å². The van der Waals surface area contributed by atoms with Crippen LogP contribution in [0.4, 0.5) is 5.69 Å². The summed E-state index contributed by atoms with van der Waals surface area (Å²) in [5.74, 6) is 1.65. The largest absolute Gasteiger partial charge is 0.481 e. The number of nitrogens with zero attached hydrogens (tertiary/aromatic N) is 4. The Morgan fingerprint density at radius 3 is 2.39 bits per heavy atom. The molecule has 3 aromatic rings. The Bertz CT molecular complexity index is 924. The number of nitrogens with one attached hydrogen (secondary N) is 1. The van der Waals surface area contributed by atoms with Gasteiger partial charge in [0.25, 0.3) is 0 Å². The maximum atomic E-state index is 12.2. The zero-order chi connectivity index (χ0) is 19.9. The number of hydrogen-bond donors (Lipinski definition) is 1. The van der Waals surface area contributed by atoms with Crippen molar-refractivity contribution in [2.75, 3.05) is 25.3 Å². The quantitative estimate of drug-likeness (QED) is 0.582. The second-order valence-corrected chi connectivity index (χ2v) is 6.64. The lowest BCUT2D eigenvalue weighted by Gasteiger charge is -2.09. The average Bonchev–Trinajstić information content (AvgIpc) is 3.15. The maximum absolute atomic E-state index is 12.2. The van der Waals surface area contributed by atoms with E-state index < -0.39 is 0 Å². The first-order valence-electron chi connectivity index (χ1n) is 8.66. The summed E-state index contributed by atoms with van der Waals surface area (Å²) >= 11 is 1.33. The summed E-state index contributed by atoms with van der Waals surface area (Å²) in [6.45, 7) is 2.65. The van der Waals surface area contributed by atoms with E-state index in [2.05, 4.69) is 20.5 Å². The second-order valence-electron chi connectivity index (χ2n) is 5.69. The maximum Gasteiger partial charge on any atom is 0.234 e. The third kappa shape index (κ3) is 4.61. The lowest BCUT2D eigenvalue weighted by molar-refractivity contribution is -0.113. The number of rotatable bonds is 8. The summed E-state index contributed by atoms with van der Waals surface area (Å²) in [5, 5.41) is 12.1. The van der Waals surface area contributed by atoms with Crippen molar-refractivity contribution in [3.8, 4) is 23.1 Å². The highest BCUT2D eigenvalue weighted by atomic mass is 32.2. The summed E-state index contributed by atoms with van der Waals surface area (Å²) in [7, 11) is 3.09. The standard InChI is InChI=1S/C19H21N5O3S/c1-4-24-18(13-10-16(26-2)21-17(11-13)27-3)22-23-19(24)28-12-15(25)20-14-8-6-5-7-9-14/h5-11H,4,12H2,1-3H3,(H,20,25).